The highest BCUT2D eigenvalue weighted by molar-refractivity contribution is 6.02. The molecule has 0 saturated carbocycles. The fourth-order valence-electron chi connectivity index (χ4n) is 1.79. The number of nitrogens with zero attached hydrogens (tertiary/aromatic N) is 1. The molecule has 0 aliphatic heterocycles. The first-order chi connectivity index (χ1) is 8.67. The monoisotopic (exact) mass is 248 g/mol. The maximum Gasteiger partial charge on any atom is 0.340 e. The Balaban J connectivity index is 2.54. The van der Waals surface area contributed by atoms with Gasteiger partial charge in [-0.05, 0) is 32.4 Å². The van der Waals surface area contributed by atoms with Gasteiger partial charge in [-0.1, -0.05) is 6.07 Å². The number of esters is 1. The quantitative estimate of drug-likeness (QED) is 0.844. The van der Waals surface area contributed by atoms with Crippen LogP contribution in [0.25, 0.3) is 11.0 Å². The summed E-state index contributed by atoms with van der Waals surface area (Å²) in [6, 6.07) is 4.02. The van der Waals surface area contributed by atoms with Crippen molar-refractivity contribution in [1.82, 2.24) is 9.97 Å². The molecule has 0 radical (unpaired) electrons. The number of hydrogen-bond donors (Lipinski definition) is 1. The molecule has 96 valence electrons. The summed E-state index contributed by atoms with van der Waals surface area (Å²) in [4.78, 5) is 19.2. The third-order valence-corrected chi connectivity index (χ3v) is 2.60. The molecule has 5 heteroatoms. The predicted octanol–water partition coefficient (Wildman–Crippen LogP) is 2.45. The summed E-state index contributed by atoms with van der Waals surface area (Å²) in [5.74, 6) is -0.353. The zero-order valence-electron chi connectivity index (χ0n) is 10.7. The van der Waals surface area contributed by atoms with Crippen molar-refractivity contribution in [2.75, 3.05) is 13.2 Å². The molecule has 18 heavy (non-hydrogen) atoms. The lowest BCUT2D eigenvalue weighted by molar-refractivity contribution is 0.0528. The Morgan fingerprint density at radius 2 is 2.11 bits per heavy atom. The summed E-state index contributed by atoms with van der Waals surface area (Å²) in [5, 5.41) is 0. The van der Waals surface area contributed by atoms with Crippen molar-refractivity contribution in [3.8, 4) is 6.01 Å². The van der Waals surface area contributed by atoms with E-state index in [9.17, 15) is 4.79 Å². The molecule has 0 amide bonds. The molecule has 2 aromatic rings. The SMILES string of the molecule is CCOC(=O)c1ccc(C)c2nc(OCC)[nH]c12. The second kappa shape index (κ2) is 5.08. The number of aromatic amines is 1. The second-order valence-corrected chi connectivity index (χ2v) is 3.85. The first-order valence-electron chi connectivity index (χ1n) is 5.96. The average molecular weight is 248 g/mol. The standard InChI is InChI=1S/C13H16N2O3/c1-4-17-12(16)9-7-6-8(3)10-11(9)15-13(14-10)18-5-2/h6-7H,4-5H2,1-3H3,(H,14,15). The van der Waals surface area contributed by atoms with Gasteiger partial charge in [0.25, 0.3) is 6.01 Å². The Labute approximate surface area is 105 Å². The summed E-state index contributed by atoms with van der Waals surface area (Å²) in [5.41, 5.74) is 2.87. The lowest BCUT2D eigenvalue weighted by Gasteiger charge is -2.03. The van der Waals surface area contributed by atoms with Gasteiger partial charge in [0.05, 0.1) is 29.8 Å². The van der Waals surface area contributed by atoms with Crippen LogP contribution >= 0.6 is 0 Å². The van der Waals surface area contributed by atoms with Gasteiger partial charge in [0.1, 0.15) is 0 Å². The van der Waals surface area contributed by atoms with Crippen LogP contribution in [-0.4, -0.2) is 29.2 Å². The van der Waals surface area contributed by atoms with Crippen LogP contribution in [0.5, 0.6) is 6.01 Å². The van der Waals surface area contributed by atoms with Crippen LogP contribution < -0.4 is 4.74 Å². The van der Waals surface area contributed by atoms with Crippen LogP contribution in [-0.2, 0) is 4.74 Å². The van der Waals surface area contributed by atoms with E-state index in [2.05, 4.69) is 9.97 Å². The van der Waals surface area contributed by atoms with E-state index in [1.807, 2.05) is 19.9 Å². The van der Waals surface area contributed by atoms with Gasteiger partial charge in [0.15, 0.2) is 0 Å². The Hall–Kier alpha value is -2.04. The fraction of sp³-hybridized carbons (Fsp3) is 0.385. The van der Waals surface area contributed by atoms with E-state index < -0.39 is 0 Å². The Bertz CT molecular complexity index is 575. The number of fused-ring (bicyclic) bond motifs is 1. The summed E-state index contributed by atoms with van der Waals surface area (Å²) < 4.78 is 10.3. The normalized spacial score (nSPS) is 10.6. The first kappa shape index (κ1) is 12.4. The molecule has 0 spiro atoms. The topological polar surface area (TPSA) is 64.2 Å². The van der Waals surface area contributed by atoms with E-state index in [0.29, 0.717) is 30.3 Å². The van der Waals surface area contributed by atoms with E-state index in [-0.39, 0.29) is 5.97 Å². The van der Waals surface area contributed by atoms with Crippen molar-refractivity contribution in [2.24, 2.45) is 0 Å². The molecule has 0 fully saturated rings. The summed E-state index contributed by atoms with van der Waals surface area (Å²) >= 11 is 0. The minimum absolute atomic E-state index is 0.348. The molecule has 0 aliphatic carbocycles. The van der Waals surface area contributed by atoms with Crippen molar-refractivity contribution < 1.29 is 14.3 Å². The number of aromatic nitrogens is 2. The van der Waals surface area contributed by atoms with E-state index >= 15 is 0 Å². The van der Waals surface area contributed by atoms with E-state index in [4.69, 9.17) is 9.47 Å². The number of hydrogen-bond acceptors (Lipinski definition) is 4. The number of carbonyl (C=O) groups excluding carboxylic acids is 1. The van der Waals surface area contributed by atoms with Gasteiger partial charge in [-0.2, -0.15) is 4.98 Å². The Morgan fingerprint density at radius 3 is 2.78 bits per heavy atom. The van der Waals surface area contributed by atoms with E-state index in [1.54, 1.807) is 13.0 Å². The molecule has 1 heterocycles. The molecule has 0 unspecified atom stereocenters. The molecule has 0 aliphatic rings. The number of imidazole rings is 1. The van der Waals surface area contributed by atoms with Crippen LogP contribution in [0.2, 0.25) is 0 Å². The van der Waals surface area contributed by atoms with Crippen molar-refractivity contribution in [3.05, 3.63) is 23.3 Å². The van der Waals surface area contributed by atoms with Gasteiger partial charge >= 0.3 is 5.97 Å². The third kappa shape index (κ3) is 2.16. The molecule has 1 aromatic carbocycles. The molecule has 5 nitrogen and oxygen atoms in total. The van der Waals surface area contributed by atoms with Gasteiger partial charge in [-0.25, -0.2) is 4.79 Å². The maximum atomic E-state index is 11.8. The van der Waals surface area contributed by atoms with Crippen molar-refractivity contribution >= 4 is 17.0 Å². The molecule has 2 rings (SSSR count). The highest BCUT2D eigenvalue weighted by atomic mass is 16.5. The van der Waals surface area contributed by atoms with Crippen LogP contribution in [0.1, 0.15) is 29.8 Å². The van der Waals surface area contributed by atoms with Crippen LogP contribution in [0.15, 0.2) is 12.1 Å². The molecular weight excluding hydrogens is 232 g/mol. The predicted molar refractivity (Wildman–Crippen MR) is 68.0 cm³/mol. The highest BCUT2D eigenvalue weighted by Gasteiger charge is 2.16. The number of rotatable bonds is 4. The molecule has 0 saturated heterocycles. The third-order valence-electron chi connectivity index (χ3n) is 2.60. The zero-order valence-corrected chi connectivity index (χ0v) is 10.7. The van der Waals surface area contributed by atoms with E-state index in [1.165, 1.54) is 0 Å². The van der Waals surface area contributed by atoms with Crippen molar-refractivity contribution in [3.63, 3.8) is 0 Å². The van der Waals surface area contributed by atoms with Crippen molar-refractivity contribution in [2.45, 2.75) is 20.8 Å². The minimum Gasteiger partial charge on any atom is -0.465 e. The number of nitrogens with one attached hydrogen (secondary N) is 1. The first-order valence-corrected chi connectivity index (χ1v) is 5.96. The Morgan fingerprint density at radius 1 is 1.33 bits per heavy atom. The molecule has 0 bridgehead atoms. The van der Waals surface area contributed by atoms with Gasteiger partial charge in [-0.3, -0.25) is 0 Å². The van der Waals surface area contributed by atoms with Crippen molar-refractivity contribution in [1.29, 1.82) is 0 Å². The summed E-state index contributed by atoms with van der Waals surface area (Å²) in [6.45, 7) is 6.47. The summed E-state index contributed by atoms with van der Waals surface area (Å²) in [7, 11) is 0. The number of benzene rings is 1. The van der Waals surface area contributed by atoms with Crippen LogP contribution in [0, 0.1) is 6.92 Å². The Kier molecular flexibility index (Phi) is 3.50. The average Bonchev–Trinajstić information content (AvgIpc) is 2.75. The highest BCUT2D eigenvalue weighted by Crippen LogP contribution is 2.23. The molecule has 1 N–H and O–H groups in total. The smallest absolute Gasteiger partial charge is 0.340 e. The summed E-state index contributed by atoms with van der Waals surface area (Å²) in [6.07, 6.45) is 0. The van der Waals surface area contributed by atoms with Gasteiger partial charge < -0.3 is 14.5 Å². The number of ether oxygens (including phenoxy) is 2. The largest absolute Gasteiger partial charge is 0.465 e. The number of H-pyrrole nitrogens is 1. The van der Waals surface area contributed by atoms with Gasteiger partial charge in [0, 0.05) is 0 Å². The molecule has 1 aromatic heterocycles. The number of aryl methyl sites for hydroxylation is 1. The fourth-order valence-corrected chi connectivity index (χ4v) is 1.79. The zero-order chi connectivity index (χ0) is 13.1. The van der Waals surface area contributed by atoms with Crippen LogP contribution in [0.3, 0.4) is 0 Å². The van der Waals surface area contributed by atoms with Crippen LogP contribution in [0.4, 0.5) is 0 Å². The maximum absolute atomic E-state index is 11.8. The molecule has 0 atom stereocenters. The lowest BCUT2D eigenvalue weighted by Crippen LogP contribution is -2.05. The second-order valence-electron chi connectivity index (χ2n) is 3.85. The molecular formula is C13H16N2O3. The van der Waals surface area contributed by atoms with E-state index in [0.717, 1.165) is 11.1 Å². The lowest BCUT2D eigenvalue weighted by atomic mass is 10.1. The van der Waals surface area contributed by atoms with Gasteiger partial charge in [-0.15, -0.1) is 0 Å². The number of carbonyl (C=O) groups is 1. The minimum atomic E-state index is -0.353. The van der Waals surface area contributed by atoms with Gasteiger partial charge in [0.2, 0.25) is 0 Å².